The maximum atomic E-state index is 12.3. The van der Waals surface area contributed by atoms with Crippen LogP contribution in [0.2, 0.25) is 0 Å². The van der Waals surface area contributed by atoms with Crippen LogP contribution >= 0.6 is 27.3 Å². The molecule has 0 unspecified atom stereocenters. The number of aromatic nitrogens is 1. The summed E-state index contributed by atoms with van der Waals surface area (Å²) in [5.74, 6) is -0.140. The Balaban J connectivity index is 1.39. The fourth-order valence-electron chi connectivity index (χ4n) is 3.15. The Labute approximate surface area is 165 Å². The first kappa shape index (κ1) is 17.4. The van der Waals surface area contributed by atoms with E-state index >= 15 is 0 Å². The van der Waals surface area contributed by atoms with Crippen molar-refractivity contribution in [3.8, 4) is 0 Å². The van der Waals surface area contributed by atoms with Gasteiger partial charge in [0.2, 0.25) is 0 Å². The number of nitrogens with zero attached hydrogens (tertiary/aromatic N) is 2. The number of halogens is 1. The largest absolute Gasteiger partial charge is 0.298 e. The molecule has 132 valence electrons. The van der Waals surface area contributed by atoms with E-state index in [9.17, 15) is 4.79 Å². The lowest BCUT2D eigenvalue weighted by atomic mass is 10.00. The average molecular weight is 428 g/mol. The van der Waals surface area contributed by atoms with Gasteiger partial charge in [0.1, 0.15) is 0 Å². The summed E-state index contributed by atoms with van der Waals surface area (Å²) in [6.45, 7) is 2.79. The zero-order valence-electron chi connectivity index (χ0n) is 14.1. The molecule has 1 aliphatic rings. The average Bonchev–Trinajstić information content (AvgIpc) is 3.08. The molecule has 1 N–H and O–H groups in total. The first-order valence-electron chi connectivity index (χ1n) is 8.48. The van der Waals surface area contributed by atoms with Gasteiger partial charge in [-0.2, -0.15) is 0 Å². The molecule has 0 saturated heterocycles. The quantitative estimate of drug-likeness (QED) is 0.655. The number of thiazole rings is 1. The molecular weight excluding hydrogens is 410 g/mol. The van der Waals surface area contributed by atoms with Crippen LogP contribution in [0.5, 0.6) is 0 Å². The van der Waals surface area contributed by atoms with E-state index in [1.807, 2.05) is 17.5 Å². The number of carbonyl (C=O) groups is 1. The van der Waals surface area contributed by atoms with Gasteiger partial charge in [0.25, 0.3) is 5.91 Å². The van der Waals surface area contributed by atoms with Gasteiger partial charge in [0.05, 0.1) is 5.69 Å². The molecule has 1 amide bonds. The minimum absolute atomic E-state index is 0.140. The second-order valence-electron chi connectivity index (χ2n) is 6.34. The predicted octanol–water partition coefficient (Wildman–Crippen LogP) is 4.72. The van der Waals surface area contributed by atoms with Crippen molar-refractivity contribution in [2.75, 3.05) is 11.9 Å². The molecule has 3 aromatic rings. The first-order chi connectivity index (χ1) is 12.7. The number of nitrogens with one attached hydrogen (secondary N) is 1. The van der Waals surface area contributed by atoms with E-state index in [1.165, 1.54) is 22.5 Å². The molecule has 4 rings (SSSR count). The summed E-state index contributed by atoms with van der Waals surface area (Å²) in [5, 5.41) is 5.55. The van der Waals surface area contributed by atoms with E-state index < -0.39 is 0 Å². The fraction of sp³-hybridized carbons (Fsp3) is 0.200. The van der Waals surface area contributed by atoms with E-state index in [2.05, 4.69) is 55.4 Å². The molecule has 4 nitrogen and oxygen atoms in total. The van der Waals surface area contributed by atoms with Crippen molar-refractivity contribution in [2.45, 2.75) is 19.5 Å². The molecular formula is C20H18BrN3OS. The summed E-state index contributed by atoms with van der Waals surface area (Å²) in [6.07, 6.45) is 1.08. The number of rotatable bonds is 4. The van der Waals surface area contributed by atoms with Crippen LogP contribution in [0.4, 0.5) is 5.13 Å². The number of fused-ring (bicyclic) bond motifs is 1. The van der Waals surface area contributed by atoms with Crippen LogP contribution in [0.3, 0.4) is 0 Å². The number of benzene rings is 2. The molecule has 0 radical (unpaired) electrons. The molecule has 0 aliphatic carbocycles. The van der Waals surface area contributed by atoms with Gasteiger partial charge in [-0.1, -0.05) is 46.3 Å². The van der Waals surface area contributed by atoms with Crippen LogP contribution in [0.15, 0.2) is 58.4 Å². The SMILES string of the molecule is O=C(Nc1nc(CN2CCc3ccccc3C2)cs1)c1cccc(Br)c1. The van der Waals surface area contributed by atoms with Crippen LogP contribution in [0.1, 0.15) is 27.2 Å². The second kappa shape index (κ2) is 7.70. The lowest BCUT2D eigenvalue weighted by molar-refractivity contribution is 0.102. The highest BCUT2D eigenvalue weighted by Crippen LogP contribution is 2.23. The van der Waals surface area contributed by atoms with E-state index in [0.717, 1.165) is 36.2 Å². The summed E-state index contributed by atoms with van der Waals surface area (Å²) in [7, 11) is 0. The van der Waals surface area contributed by atoms with Gasteiger partial charge in [0, 0.05) is 35.1 Å². The van der Waals surface area contributed by atoms with E-state index in [-0.39, 0.29) is 5.91 Å². The normalized spacial score (nSPS) is 14.0. The van der Waals surface area contributed by atoms with E-state index in [1.54, 1.807) is 12.1 Å². The van der Waals surface area contributed by atoms with Crippen molar-refractivity contribution in [1.82, 2.24) is 9.88 Å². The van der Waals surface area contributed by atoms with E-state index in [4.69, 9.17) is 0 Å². The molecule has 0 saturated carbocycles. The summed E-state index contributed by atoms with van der Waals surface area (Å²) >= 11 is 4.86. The third-order valence-corrected chi connectivity index (χ3v) is 5.75. The maximum absolute atomic E-state index is 12.3. The lowest BCUT2D eigenvalue weighted by Gasteiger charge is -2.27. The molecule has 0 spiro atoms. The number of hydrogen-bond donors (Lipinski definition) is 1. The van der Waals surface area contributed by atoms with Crippen LogP contribution in [0.25, 0.3) is 0 Å². The Bertz CT molecular complexity index is 940. The van der Waals surface area contributed by atoms with Crippen LogP contribution in [-0.2, 0) is 19.5 Å². The maximum Gasteiger partial charge on any atom is 0.257 e. The summed E-state index contributed by atoms with van der Waals surface area (Å²) in [5.41, 5.74) is 4.46. The van der Waals surface area contributed by atoms with Crippen LogP contribution in [-0.4, -0.2) is 22.3 Å². The minimum Gasteiger partial charge on any atom is -0.298 e. The molecule has 0 bridgehead atoms. The van der Waals surface area contributed by atoms with Crippen molar-refractivity contribution in [3.05, 3.63) is 80.8 Å². The van der Waals surface area contributed by atoms with Gasteiger partial charge in [-0.15, -0.1) is 11.3 Å². The third-order valence-electron chi connectivity index (χ3n) is 4.45. The molecule has 1 aromatic heterocycles. The highest BCUT2D eigenvalue weighted by atomic mass is 79.9. The standard InChI is InChI=1S/C20H18BrN3OS/c21-17-7-3-6-15(10-17)19(25)23-20-22-18(13-26-20)12-24-9-8-14-4-1-2-5-16(14)11-24/h1-7,10,13H,8-9,11-12H2,(H,22,23,25). The van der Waals surface area contributed by atoms with Crippen molar-refractivity contribution in [1.29, 1.82) is 0 Å². The topological polar surface area (TPSA) is 45.2 Å². The van der Waals surface area contributed by atoms with Gasteiger partial charge in [0.15, 0.2) is 5.13 Å². The predicted molar refractivity (Wildman–Crippen MR) is 108 cm³/mol. The second-order valence-corrected chi connectivity index (χ2v) is 8.11. The van der Waals surface area contributed by atoms with Gasteiger partial charge in [-0.05, 0) is 35.7 Å². The van der Waals surface area contributed by atoms with Crippen LogP contribution in [0, 0.1) is 0 Å². The van der Waals surface area contributed by atoms with Gasteiger partial charge in [-0.25, -0.2) is 4.98 Å². The van der Waals surface area contributed by atoms with Crippen molar-refractivity contribution in [2.24, 2.45) is 0 Å². The lowest BCUT2D eigenvalue weighted by Crippen LogP contribution is -2.30. The molecule has 2 heterocycles. The number of anilines is 1. The molecule has 6 heteroatoms. The van der Waals surface area contributed by atoms with Gasteiger partial charge in [-0.3, -0.25) is 15.0 Å². The Hall–Kier alpha value is -2.02. The van der Waals surface area contributed by atoms with E-state index in [0.29, 0.717) is 10.7 Å². The zero-order valence-corrected chi connectivity index (χ0v) is 16.5. The van der Waals surface area contributed by atoms with Gasteiger partial charge < -0.3 is 0 Å². The van der Waals surface area contributed by atoms with Gasteiger partial charge >= 0.3 is 0 Å². The minimum atomic E-state index is -0.140. The molecule has 2 aromatic carbocycles. The van der Waals surface area contributed by atoms with Crippen LogP contribution < -0.4 is 5.32 Å². The monoisotopic (exact) mass is 427 g/mol. The number of carbonyl (C=O) groups excluding carboxylic acids is 1. The smallest absolute Gasteiger partial charge is 0.257 e. The molecule has 0 fully saturated rings. The first-order valence-corrected chi connectivity index (χ1v) is 10.1. The molecule has 26 heavy (non-hydrogen) atoms. The summed E-state index contributed by atoms with van der Waals surface area (Å²) in [4.78, 5) is 19.3. The number of amides is 1. The zero-order chi connectivity index (χ0) is 17.9. The summed E-state index contributed by atoms with van der Waals surface area (Å²) in [6, 6.07) is 16.0. The Morgan fingerprint density at radius 1 is 1.19 bits per heavy atom. The number of hydrogen-bond acceptors (Lipinski definition) is 4. The van der Waals surface area contributed by atoms with Crippen molar-refractivity contribution < 1.29 is 4.79 Å². The van der Waals surface area contributed by atoms with Crippen molar-refractivity contribution >= 4 is 38.3 Å². The Morgan fingerprint density at radius 3 is 2.88 bits per heavy atom. The highest BCUT2D eigenvalue weighted by molar-refractivity contribution is 9.10. The molecule has 0 atom stereocenters. The molecule has 1 aliphatic heterocycles. The Kier molecular flexibility index (Phi) is 5.15. The van der Waals surface area contributed by atoms with Crippen molar-refractivity contribution in [3.63, 3.8) is 0 Å². The highest BCUT2D eigenvalue weighted by Gasteiger charge is 2.17. The summed E-state index contributed by atoms with van der Waals surface area (Å²) < 4.78 is 0.885. The Morgan fingerprint density at radius 2 is 2.04 bits per heavy atom. The fourth-order valence-corrected chi connectivity index (χ4v) is 4.25. The third kappa shape index (κ3) is 4.03.